The Kier molecular flexibility index (Phi) is 19.6. The van der Waals surface area contributed by atoms with Gasteiger partial charge in [-0.2, -0.15) is 0 Å². The first kappa shape index (κ1) is 63.0. The lowest BCUT2D eigenvalue weighted by molar-refractivity contribution is -0.175. The molecule has 0 radical (unpaired) electrons. The predicted molar refractivity (Wildman–Crippen MR) is 304 cm³/mol. The number of esters is 1. The number of ether oxygens (including phenoxy) is 7. The van der Waals surface area contributed by atoms with Gasteiger partial charge in [0.1, 0.15) is 43.5 Å². The van der Waals surface area contributed by atoms with Gasteiger partial charge in [-0.3, -0.25) is 33.7 Å². The zero-order chi connectivity index (χ0) is 61.5. The second-order valence-corrected chi connectivity index (χ2v) is 24.0. The van der Waals surface area contributed by atoms with E-state index in [-0.39, 0.29) is 91.2 Å². The van der Waals surface area contributed by atoms with Crippen LogP contribution in [-0.2, 0) is 95.5 Å². The Labute approximate surface area is 492 Å². The maximum Gasteiger partial charge on any atom is 0.514 e. The second kappa shape index (κ2) is 26.5. The van der Waals surface area contributed by atoms with Gasteiger partial charge in [-0.05, 0) is 128 Å². The Morgan fingerprint density at radius 1 is 0.894 bits per heavy atom. The fourth-order valence-corrected chi connectivity index (χ4v) is 11.0. The SMILES string of the molecule is CCc1c2c(nc3ccc(OC(=O)OC(C)(C)C)cc13)-c1cc3c(c(=O)n1C2)COC(=O)C3(CC)OC(=O)OCC(NC(=O)COCC(=O)NC(C)(C)CCOC(C)Cn1cc(CNC(=O)C2CCC(CN3C(=O)C=CC3=O)CC2)nn1)C(C)C. The van der Waals surface area contributed by atoms with Gasteiger partial charge in [-0.15, -0.1) is 5.10 Å². The minimum absolute atomic E-state index is 0.0662. The Morgan fingerprint density at radius 3 is 2.29 bits per heavy atom. The topological polar surface area (TPSA) is 306 Å². The normalized spacial score (nSPS) is 19.0. The molecule has 0 saturated heterocycles. The number of pyridine rings is 2. The highest BCUT2D eigenvalue weighted by Crippen LogP contribution is 2.43. The Hall–Kier alpha value is -8.06. The molecule has 1 fully saturated rings. The van der Waals surface area contributed by atoms with Gasteiger partial charge in [0.05, 0.1) is 60.4 Å². The number of hydrogen-bond donors (Lipinski definition) is 3. The molecule has 458 valence electrons. The van der Waals surface area contributed by atoms with Crippen LogP contribution in [0.15, 0.2) is 47.4 Å². The molecule has 4 aromatic rings. The third-order valence-corrected chi connectivity index (χ3v) is 15.6. The lowest BCUT2D eigenvalue weighted by Gasteiger charge is -2.35. The summed E-state index contributed by atoms with van der Waals surface area (Å²) >= 11 is 0. The Balaban J connectivity index is 0.761. The highest BCUT2D eigenvalue weighted by atomic mass is 16.7. The van der Waals surface area contributed by atoms with Crippen LogP contribution < -0.4 is 26.2 Å². The number of aryl methyl sites for hydroxylation is 1. The van der Waals surface area contributed by atoms with Gasteiger partial charge in [0, 0.05) is 53.3 Å². The molecule has 8 rings (SSSR count). The molecule has 25 nitrogen and oxygen atoms in total. The standard InChI is InChI=1S/C60H77N9O16/c1-11-40-41-23-39(83-57(78)84-58(6,7)8)17-18-45(41)63-52-42(40)29-68-47(52)24-44-43(54(68)75)30-81-55(76)60(44,12-2)85-56(77)82-31-46(34(3)4)62-48(70)32-79-33-49(71)64-59(9,10)21-22-80-35(5)26-67-28-38(65-66-67)25-61-53(74)37-15-13-36(14-16-37)27-69-50(72)19-20-51(69)73/h17-20,23-24,28,34-37,46H,11-16,21-22,25-27,29-33H2,1-10H3,(H,61,74)(H,62,70)(H,64,71). The van der Waals surface area contributed by atoms with Crippen LogP contribution >= 0.6 is 0 Å². The third-order valence-electron chi connectivity index (χ3n) is 15.6. The number of benzene rings is 1. The van der Waals surface area contributed by atoms with Crippen molar-refractivity contribution in [3.63, 3.8) is 0 Å². The van der Waals surface area contributed by atoms with Gasteiger partial charge in [0.2, 0.25) is 23.3 Å². The van der Waals surface area contributed by atoms with E-state index in [0.717, 1.165) is 29.4 Å². The summed E-state index contributed by atoms with van der Waals surface area (Å²) in [6, 6.07) is 5.92. The maximum atomic E-state index is 14.3. The van der Waals surface area contributed by atoms with Crippen molar-refractivity contribution in [2.45, 2.75) is 169 Å². The number of nitrogens with zero attached hydrogens (tertiary/aromatic N) is 6. The third kappa shape index (κ3) is 15.3. The molecule has 0 spiro atoms. The molecule has 1 saturated carbocycles. The van der Waals surface area contributed by atoms with Gasteiger partial charge >= 0.3 is 18.3 Å². The van der Waals surface area contributed by atoms with E-state index in [2.05, 4.69) is 26.3 Å². The molecule has 4 aliphatic rings. The summed E-state index contributed by atoms with van der Waals surface area (Å²) in [4.78, 5) is 123. The molecule has 3 N–H and O–H groups in total. The molecule has 85 heavy (non-hydrogen) atoms. The van der Waals surface area contributed by atoms with Gasteiger partial charge in [-0.25, -0.2) is 24.0 Å². The summed E-state index contributed by atoms with van der Waals surface area (Å²) in [6.07, 6.45) is 5.68. The van der Waals surface area contributed by atoms with E-state index in [0.29, 0.717) is 68.0 Å². The van der Waals surface area contributed by atoms with Crippen LogP contribution in [-0.4, -0.2) is 134 Å². The summed E-state index contributed by atoms with van der Waals surface area (Å²) in [5.41, 5.74) is 0.0257. The first-order valence-corrected chi connectivity index (χ1v) is 28.9. The maximum absolute atomic E-state index is 14.3. The van der Waals surface area contributed by atoms with Crippen LogP contribution in [0.4, 0.5) is 9.59 Å². The van der Waals surface area contributed by atoms with Crippen molar-refractivity contribution in [1.82, 2.24) is 45.4 Å². The molecule has 25 heteroatoms. The number of hydrogen-bond acceptors (Lipinski definition) is 19. The average Bonchev–Trinajstić information content (AvgIpc) is 3.74. The van der Waals surface area contributed by atoms with Crippen LogP contribution in [0.3, 0.4) is 0 Å². The molecule has 1 aliphatic carbocycles. The highest BCUT2D eigenvalue weighted by molar-refractivity contribution is 6.12. The quantitative estimate of drug-likeness (QED) is 0.0293. The van der Waals surface area contributed by atoms with Gasteiger partial charge in [0.15, 0.2) is 0 Å². The summed E-state index contributed by atoms with van der Waals surface area (Å²) < 4.78 is 42.4. The van der Waals surface area contributed by atoms with Crippen LogP contribution in [0.5, 0.6) is 5.75 Å². The number of carbonyl (C=O) groups excluding carboxylic acids is 8. The summed E-state index contributed by atoms with van der Waals surface area (Å²) in [5, 5.41) is 17.7. The molecule has 3 aromatic heterocycles. The zero-order valence-corrected chi connectivity index (χ0v) is 50.0. The number of imide groups is 1. The fraction of sp³-hybridized carbons (Fsp3) is 0.567. The highest BCUT2D eigenvalue weighted by Gasteiger charge is 2.51. The molecule has 6 heterocycles. The zero-order valence-electron chi connectivity index (χ0n) is 50.0. The Morgan fingerprint density at radius 2 is 1.61 bits per heavy atom. The van der Waals surface area contributed by atoms with Crippen molar-refractivity contribution in [3.05, 3.63) is 80.9 Å². The van der Waals surface area contributed by atoms with E-state index in [9.17, 15) is 43.2 Å². The largest absolute Gasteiger partial charge is 0.514 e. The van der Waals surface area contributed by atoms with Crippen LogP contribution in [0, 0.1) is 17.8 Å². The van der Waals surface area contributed by atoms with Crippen LogP contribution in [0.2, 0.25) is 0 Å². The minimum Gasteiger partial charge on any atom is -0.457 e. The average molecular weight is 1180 g/mol. The first-order chi connectivity index (χ1) is 40.3. The summed E-state index contributed by atoms with van der Waals surface area (Å²) in [5.74, 6) is -2.56. The second-order valence-electron chi connectivity index (χ2n) is 24.0. The number of rotatable bonds is 24. The van der Waals surface area contributed by atoms with E-state index in [1.54, 1.807) is 81.3 Å². The van der Waals surface area contributed by atoms with E-state index in [1.807, 2.05) is 27.7 Å². The number of nitrogens with one attached hydrogen (secondary N) is 3. The summed E-state index contributed by atoms with van der Waals surface area (Å²) in [7, 11) is 0. The molecular weight excluding hydrogens is 1100 g/mol. The number of fused-ring (bicyclic) bond motifs is 5. The van der Waals surface area contributed by atoms with Gasteiger partial charge < -0.3 is 53.7 Å². The molecule has 0 bridgehead atoms. The first-order valence-electron chi connectivity index (χ1n) is 28.9. The van der Waals surface area contributed by atoms with Crippen molar-refractivity contribution in [1.29, 1.82) is 0 Å². The number of cyclic esters (lactones) is 1. The number of amides is 5. The fourth-order valence-electron chi connectivity index (χ4n) is 11.0. The van der Waals surface area contributed by atoms with Crippen molar-refractivity contribution in [3.8, 4) is 17.1 Å². The lowest BCUT2D eigenvalue weighted by Crippen LogP contribution is -2.48. The minimum atomic E-state index is -2.06. The Bertz CT molecular complexity index is 3300. The molecule has 3 unspecified atom stereocenters. The van der Waals surface area contributed by atoms with Crippen molar-refractivity contribution in [2.24, 2.45) is 17.8 Å². The van der Waals surface area contributed by atoms with Crippen LogP contribution in [0.25, 0.3) is 22.3 Å². The molecule has 3 aliphatic heterocycles. The number of aromatic nitrogens is 5. The van der Waals surface area contributed by atoms with E-state index in [4.69, 9.17) is 38.1 Å². The number of carbonyl (C=O) groups is 8. The van der Waals surface area contributed by atoms with E-state index < -0.39 is 71.7 Å². The van der Waals surface area contributed by atoms with E-state index in [1.165, 1.54) is 17.1 Å². The monoisotopic (exact) mass is 1180 g/mol. The van der Waals surface area contributed by atoms with Crippen molar-refractivity contribution < 1.29 is 71.5 Å². The molecule has 5 amide bonds. The van der Waals surface area contributed by atoms with E-state index >= 15 is 0 Å². The smallest absolute Gasteiger partial charge is 0.457 e. The lowest BCUT2D eigenvalue weighted by atomic mass is 9.81. The molecule has 3 atom stereocenters. The van der Waals surface area contributed by atoms with Crippen molar-refractivity contribution in [2.75, 3.05) is 33.0 Å². The molecule has 1 aromatic carbocycles. The predicted octanol–water partition coefficient (Wildman–Crippen LogP) is 5.60. The van der Waals surface area contributed by atoms with Gasteiger partial charge in [0.25, 0.3) is 17.4 Å². The van der Waals surface area contributed by atoms with Crippen molar-refractivity contribution >= 4 is 58.7 Å². The van der Waals surface area contributed by atoms with Gasteiger partial charge in [-0.1, -0.05) is 32.9 Å². The summed E-state index contributed by atoms with van der Waals surface area (Å²) in [6.45, 7) is 17.8. The molecular formula is C60H77N9O16. The van der Waals surface area contributed by atoms with Crippen LogP contribution in [0.1, 0.15) is 136 Å².